The van der Waals surface area contributed by atoms with Crippen molar-refractivity contribution < 1.29 is 22.0 Å². The van der Waals surface area contributed by atoms with Crippen LogP contribution in [0, 0.1) is 11.6 Å². The van der Waals surface area contributed by atoms with E-state index in [9.17, 15) is 22.0 Å². The molecular weight excluding hydrogens is 313 g/mol. The van der Waals surface area contributed by atoms with Gasteiger partial charge < -0.3 is 5.32 Å². The Bertz CT molecular complexity index is 654. The second-order valence-electron chi connectivity index (χ2n) is 4.33. The molecule has 0 aliphatic rings. The first-order chi connectivity index (χ1) is 9.75. The van der Waals surface area contributed by atoms with Gasteiger partial charge in [-0.2, -0.15) is 13.2 Å². The standard InChI is InChI=1S/C14H9ClF5N/c15-10-4-9(14(18,19)20)5-11(6-10)21-7-8-1-2-12(16)13(17)3-8/h1-6,21H,7H2. The van der Waals surface area contributed by atoms with Crippen LogP contribution in [0.4, 0.5) is 27.6 Å². The van der Waals surface area contributed by atoms with Crippen LogP contribution in [0.2, 0.25) is 5.02 Å². The summed E-state index contributed by atoms with van der Waals surface area (Å²) in [7, 11) is 0. The van der Waals surface area contributed by atoms with E-state index in [0.29, 0.717) is 5.56 Å². The molecule has 0 atom stereocenters. The normalized spacial score (nSPS) is 11.5. The summed E-state index contributed by atoms with van der Waals surface area (Å²) in [5.74, 6) is -2.00. The lowest BCUT2D eigenvalue weighted by molar-refractivity contribution is -0.137. The second-order valence-corrected chi connectivity index (χ2v) is 4.76. The number of anilines is 1. The fourth-order valence-corrected chi connectivity index (χ4v) is 1.94. The Morgan fingerprint density at radius 3 is 2.29 bits per heavy atom. The van der Waals surface area contributed by atoms with Crippen molar-refractivity contribution in [3.8, 4) is 0 Å². The largest absolute Gasteiger partial charge is 0.416 e. The van der Waals surface area contributed by atoms with Gasteiger partial charge in [0.05, 0.1) is 5.56 Å². The molecule has 0 radical (unpaired) electrons. The predicted molar refractivity (Wildman–Crippen MR) is 70.1 cm³/mol. The number of hydrogen-bond donors (Lipinski definition) is 1. The highest BCUT2D eigenvalue weighted by Crippen LogP contribution is 2.33. The van der Waals surface area contributed by atoms with Crippen LogP contribution < -0.4 is 5.32 Å². The minimum absolute atomic E-state index is 0.0365. The highest BCUT2D eigenvalue weighted by atomic mass is 35.5. The van der Waals surface area contributed by atoms with Crippen LogP contribution in [-0.4, -0.2) is 0 Å². The van der Waals surface area contributed by atoms with Crippen molar-refractivity contribution in [2.24, 2.45) is 0 Å². The van der Waals surface area contributed by atoms with Crippen LogP contribution in [-0.2, 0) is 12.7 Å². The molecule has 0 unspecified atom stereocenters. The fraction of sp³-hybridized carbons (Fsp3) is 0.143. The Morgan fingerprint density at radius 1 is 0.952 bits per heavy atom. The summed E-state index contributed by atoms with van der Waals surface area (Å²) in [5.41, 5.74) is -0.357. The zero-order chi connectivity index (χ0) is 15.6. The van der Waals surface area contributed by atoms with Gasteiger partial charge in [-0.25, -0.2) is 8.78 Å². The molecule has 112 valence electrons. The second kappa shape index (κ2) is 5.89. The highest BCUT2D eigenvalue weighted by Gasteiger charge is 2.31. The molecule has 0 fully saturated rings. The minimum Gasteiger partial charge on any atom is -0.381 e. The van der Waals surface area contributed by atoms with Crippen LogP contribution in [0.3, 0.4) is 0 Å². The Labute approximate surface area is 122 Å². The molecule has 0 bridgehead atoms. The average molecular weight is 322 g/mol. The maximum atomic E-state index is 13.0. The Hall–Kier alpha value is -1.82. The van der Waals surface area contributed by atoms with E-state index in [2.05, 4.69) is 5.32 Å². The van der Waals surface area contributed by atoms with Crippen molar-refractivity contribution >= 4 is 17.3 Å². The van der Waals surface area contributed by atoms with Crippen LogP contribution in [0.25, 0.3) is 0 Å². The van der Waals surface area contributed by atoms with Gasteiger partial charge in [-0.3, -0.25) is 0 Å². The number of rotatable bonds is 3. The van der Waals surface area contributed by atoms with E-state index in [0.717, 1.165) is 24.3 Å². The van der Waals surface area contributed by atoms with Crippen molar-refractivity contribution in [2.75, 3.05) is 5.32 Å². The third-order valence-corrected chi connectivity index (χ3v) is 2.92. The zero-order valence-electron chi connectivity index (χ0n) is 10.4. The molecule has 0 heterocycles. The van der Waals surface area contributed by atoms with Crippen LogP contribution in [0.5, 0.6) is 0 Å². The van der Waals surface area contributed by atoms with Gasteiger partial charge >= 0.3 is 6.18 Å². The van der Waals surface area contributed by atoms with Crippen molar-refractivity contribution in [1.29, 1.82) is 0 Å². The molecule has 1 N–H and O–H groups in total. The molecular formula is C14H9ClF5N. The third kappa shape index (κ3) is 4.07. The van der Waals surface area contributed by atoms with Crippen LogP contribution >= 0.6 is 11.6 Å². The molecule has 0 aromatic heterocycles. The monoisotopic (exact) mass is 321 g/mol. The molecule has 7 heteroatoms. The van der Waals surface area contributed by atoms with Crippen molar-refractivity contribution in [3.05, 3.63) is 64.2 Å². The number of benzene rings is 2. The number of hydrogen-bond acceptors (Lipinski definition) is 1. The summed E-state index contributed by atoms with van der Waals surface area (Å²) in [4.78, 5) is 0. The quantitative estimate of drug-likeness (QED) is 0.761. The summed E-state index contributed by atoms with van der Waals surface area (Å²) in [6.45, 7) is 0.0365. The topological polar surface area (TPSA) is 12.0 Å². The fourth-order valence-electron chi connectivity index (χ4n) is 1.71. The summed E-state index contributed by atoms with van der Waals surface area (Å²) >= 11 is 5.63. The number of nitrogens with one attached hydrogen (secondary N) is 1. The van der Waals surface area contributed by atoms with Crippen molar-refractivity contribution in [2.45, 2.75) is 12.7 Å². The maximum absolute atomic E-state index is 13.0. The Kier molecular flexibility index (Phi) is 4.37. The zero-order valence-corrected chi connectivity index (χ0v) is 11.2. The van der Waals surface area contributed by atoms with E-state index < -0.39 is 23.4 Å². The average Bonchev–Trinajstić information content (AvgIpc) is 2.38. The van der Waals surface area contributed by atoms with Crippen molar-refractivity contribution in [1.82, 2.24) is 0 Å². The van der Waals surface area contributed by atoms with E-state index in [-0.39, 0.29) is 17.3 Å². The van der Waals surface area contributed by atoms with Gasteiger partial charge in [-0.1, -0.05) is 17.7 Å². The molecule has 2 rings (SSSR count). The van der Waals surface area contributed by atoms with Crippen LogP contribution in [0.1, 0.15) is 11.1 Å². The van der Waals surface area contributed by atoms with Gasteiger partial charge in [-0.05, 0) is 35.9 Å². The Balaban J connectivity index is 2.16. The number of halogens is 6. The summed E-state index contributed by atoms with van der Waals surface area (Å²) in [6.07, 6.45) is -4.51. The van der Waals surface area contributed by atoms with Gasteiger partial charge in [-0.15, -0.1) is 0 Å². The lowest BCUT2D eigenvalue weighted by Crippen LogP contribution is -2.07. The molecule has 1 nitrogen and oxygen atoms in total. The first-order valence-electron chi connectivity index (χ1n) is 5.81. The highest BCUT2D eigenvalue weighted by molar-refractivity contribution is 6.30. The lowest BCUT2D eigenvalue weighted by atomic mass is 10.1. The molecule has 2 aromatic rings. The smallest absolute Gasteiger partial charge is 0.381 e. The van der Waals surface area contributed by atoms with E-state index >= 15 is 0 Å². The molecule has 0 aliphatic heterocycles. The molecule has 0 amide bonds. The molecule has 0 aliphatic carbocycles. The predicted octanol–water partition coefficient (Wildman–Crippen LogP) is 5.25. The third-order valence-electron chi connectivity index (χ3n) is 2.71. The molecule has 0 saturated heterocycles. The first kappa shape index (κ1) is 15.6. The summed E-state index contributed by atoms with van der Waals surface area (Å²) < 4.78 is 63.7. The van der Waals surface area contributed by atoms with Crippen LogP contribution in [0.15, 0.2) is 36.4 Å². The van der Waals surface area contributed by atoms with Gasteiger partial charge in [0.2, 0.25) is 0 Å². The van der Waals surface area contributed by atoms with E-state index in [4.69, 9.17) is 11.6 Å². The van der Waals surface area contributed by atoms with Gasteiger partial charge in [0, 0.05) is 17.3 Å². The van der Waals surface area contributed by atoms with E-state index in [1.54, 1.807) is 0 Å². The molecule has 0 spiro atoms. The summed E-state index contributed by atoms with van der Waals surface area (Å²) in [5, 5.41) is 2.62. The molecule has 2 aromatic carbocycles. The van der Waals surface area contributed by atoms with E-state index in [1.165, 1.54) is 12.1 Å². The SMILES string of the molecule is Fc1ccc(CNc2cc(Cl)cc(C(F)(F)F)c2)cc1F. The minimum atomic E-state index is -4.51. The van der Waals surface area contributed by atoms with Gasteiger partial charge in [0.25, 0.3) is 0 Å². The number of alkyl halides is 3. The molecule has 0 saturated carbocycles. The van der Waals surface area contributed by atoms with Crippen molar-refractivity contribution in [3.63, 3.8) is 0 Å². The molecule has 21 heavy (non-hydrogen) atoms. The summed E-state index contributed by atoms with van der Waals surface area (Å²) in [6, 6.07) is 6.27. The maximum Gasteiger partial charge on any atom is 0.416 e. The van der Waals surface area contributed by atoms with E-state index in [1.807, 2.05) is 0 Å². The van der Waals surface area contributed by atoms with Gasteiger partial charge in [0.1, 0.15) is 0 Å². The first-order valence-corrected chi connectivity index (χ1v) is 6.19. The van der Waals surface area contributed by atoms with Gasteiger partial charge in [0.15, 0.2) is 11.6 Å². The lowest BCUT2D eigenvalue weighted by Gasteiger charge is -2.12. The Morgan fingerprint density at radius 2 is 1.67 bits per heavy atom.